The minimum absolute atomic E-state index is 0.444. The van der Waals surface area contributed by atoms with Gasteiger partial charge in [-0.2, -0.15) is 0 Å². The van der Waals surface area contributed by atoms with Crippen molar-refractivity contribution in [3.63, 3.8) is 0 Å². The van der Waals surface area contributed by atoms with Gasteiger partial charge >= 0.3 is 0 Å². The molecule has 23 heavy (non-hydrogen) atoms. The first-order valence-electron chi connectivity index (χ1n) is 9.88. The van der Waals surface area contributed by atoms with Crippen LogP contribution < -0.4 is 0 Å². The molecule has 0 radical (unpaired) electrons. The van der Waals surface area contributed by atoms with Gasteiger partial charge in [0.2, 0.25) is 0 Å². The Balaban J connectivity index is 1.43. The second-order valence-corrected chi connectivity index (χ2v) is 9.60. The zero-order valence-corrected chi connectivity index (χ0v) is 16.8. The van der Waals surface area contributed by atoms with E-state index in [1.165, 1.54) is 77.0 Å². The molecule has 0 atom stereocenters. The largest absolute Gasteiger partial charge is 0.286 e. The lowest BCUT2D eigenvalue weighted by Gasteiger charge is -2.28. The topological polar surface area (TPSA) is 18.5 Å². The summed E-state index contributed by atoms with van der Waals surface area (Å²) < 4.78 is 11.4. The van der Waals surface area contributed by atoms with Gasteiger partial charge in [0.15, 0.2) is 6.79 Å². The van der Waals surface area contributed by atoms with E-state index in [1.54, 1.807) is 24.1 Å². The Labute approximate surface area is 152 Å². The van der Waals surface area contributed by atoms with Crippen molar-refractivity contribution in [1.29, 1.82) is 0 Å². The third kappa shape index (κ3) is 8.02. The first-order valence-corrected chi connectivity index (χ1v) is 11.5. The maximum atomic E-state index is 5.69. The van der Waals surface area contributed by atoms with E-state index in [2.05, 4.69) is 13.8 Å². The Hall–Kier alpha value is 0.620. The SMILES string of the molecule is CCCC1CCC(SOCOSC2CCC(CCC)CC2)CC1. The van der Waals surface area contributed by atoms with Gasteiger partial charge in [0.25, 0.3) is 0 Å². The van der Waals surface area contributed by atoms with Crippen LogP contribution in [0.4, 0.5) is 0 Å². The molecule has 2 aliphatic carbocycles. The quantitative estimate of drug-likeness (QED) is 0.237. The van der Waals surface area contributed by atoms with E-state index in [4.69, 9.17) is 8.37 Å². The van der Waals surface area contributed by atoms with Gasteiger partial charge in [-0.05, 0) is 87.3 Å². The van der Waals surface area contributed by atoms with E-state index < -0.39 is 0 Å². The molecule has 136 valence electrons. The molecule has 4 heteroatoms. The maximum Gasteiger partial charge on any atom is 0.173 e. The summed E-state index contributed by atoms with van der Waals surface area (Å²) in [6, 6.07) is 0. The molecule has 0 heterocycles. The molecule has 0 bridgehead atoms. The van der Waals surface area contributed by atoms with Crippen molar-refractivity contribution in [2.75, 3.05) is 6.79 Å². The zero-order valence-electron chi connectivity index (χ0n) is 15.1. The molecule has 2 rings (SSSR count). The van der Waals surface area contributed by atoms with Crippen molar-refractivity contribution in [3.05, 3.63) is 0 Å². The summed E-state index contributed by atoms with van der Waals surface area (Å²) in [5.74, 6) is 1.96. The van der Waals surface area contributed by atoms with E-state index >= 15 is 0 Å². The predicted octanol–water partition coefficient (Wildman–Crippen LogP) is 6.99. The van der Waals surface area contributed by atoms with Gasteiger partial charge < -0.3 is 0 Å². The fourth-order valence-corrected chi connectivity index (χ4v) is 5.70. The summed E-state index contributed by atoms with van der Waals surface area (Å²) in [6.45, 7) is 5.05. The van der Waals surface area contributed by atoms with Crippen molar-refractivity contribution in [2.24, 2.45) is 11.8 Å². The van der Waals surface area contributed by atoms with Gasteiger partial charge in [-0.1, -0.05) is 39.5 Å². The van der Waals surface area contributed by atoms with Crippen molar-refractivity contribution in [3.8, 4) is 0 Å². The van der Waals surface area contributed by atoms with Crippen molar-refractivity contribution in [1.82, 2.24) is 0 Å². The molecule has 0 aromatic carbocycles. The predicted molar refractivity (Wildman–Crippen MR) is 104 cm³/mol. The summed E-state index contributed by atoms with van der Waals surface area (Å²) in [7, 11) is 0. The van der Waals surface area contributed by atoms with E-state index in [-0.39, 0.29) is 0 Å². The molecule has 0 saturated heterocycles. The fourth-order valence-electron chi connectivity index (χ4n) is 4.12. The van der Waals surface area contributed by atoms with Crippen LogP contribution in [0.15, 0.2) is 0 Å². The minimum atomic E-state index is 0.444. The van der Waals surface area contributed by atoms with Gasteiger partial charge in [0, 0.05) is 10.5 Å². The molecule has 0 aromatic rings. The highest BCUT2D eigenvalue weighted by Crippen LogP contribution is 2.36. The van der Waals surface area contributed by atoms with Gasteiger partial charge in [-0.25, -0.2) is 0 Å². The minimum Gasteiger partial charge on any atom is -0.286 e. The van der Waals surface area contributed by atoms with Crippen LogP contribution in [0.5, 0.6) is 0 Å². The van der Waals surface area contributed by atoms with Crippen molar-refractivity contribution < 1.29 is 8.37 Å². The second-order valence-electron chi connectivity index (χ2n) is 7.41. The first kappa shape index (κ1) is 19.9. The Morgan fingerprint density at radius 1 is 0.652 bits per heavy atom. The van der Waals surface area contributed by atoms with Crippen LogP contribution >= 0.6 is 24.1 Å². The summed E-state index contributed by atoms with van der Waals surface area (Å²) in [5, 5.41) is 1.39. The number of rotatable bonds is 10. The van der Waals surface area contributed by atoms with Crippen LogP contribution in [0.3, 0.4) is 0 Å². The summed E-state index contributed by atoms with van der Waals surface area (Å²) >= 11 is 3.35. The van der Waals surface area contributed by atoms with E-state index in [0.29, 0.717) is 17.3 Å². The molecule has 2 fully saturated rings. The monoisotopic (exact) mass is 360 g/mol. The molecule has 0 amide bonds. The van der Waals surface area contributed by atoms with Gasteiger partial charge in [0.05, 0.1) is 0 Å². The standard InChI is InChI=1S/C19H36O2S2/c1-3-5-16-7-11-18(12-8-16)22-20-15-21-23-19-13-9-17(6-4-2)10-14-19/h16-19H,3-15H2,1-2H3. The first-order chi connectivity index (χ1) is 11.3. The van der Waals surface area contributed by atoms with E-state index in [0.717, 1.165) is 11.8 Å². The van der Waals surface area contributed by atoms with Gasteiger partial charge in [-0.3, -0.25) is 8.37 Å². The molecule has 0 aliphatic heterocycles. The van der Waals surface area contributed by atoms with Gasteiger partial charge in [0.1, 0.15) is 0 Å². The van der Waals surface area contributed by atoms with Crippen molar-refractivity contribution in [2.45, 2.75) is 101 Å². The van der Waals surface area contributed by atoms with Crippen LogP contribution in [0.25, 0.3) is 0 Å². The van der Waals surface area contributed by atoms with Gasteiger partial charge in [-0.15, -0.1) is 0 Å². The highest BCUT2D eigenvalue weighted by Gasteiger charge is 2.23. The van der Waals surface area contributed by atoms with Crippen molar-refractivity contribution >= 4 is 24.1 Å². The normalized spacial score (nSPS) is 32.1. The van der Waals surface area contributed by atoms with Crippen LogP contribution in [-0.4, -0.2) is 17.3 Å². The van der Waals surface area contributed by atoms with Crippen LogP contribution in [-0.2, 0) is 8.37 Å². The second kappa shape index (κ2) is 12.1. The lowest BCUT2D eigenvalue weighted by atomic mass is 9.86. The summed E-state index contributed by atoms with van der Waals surface area (Å²) in [5.41, 5.74) is 0. The van der Waals surface area contributed by atoms with Crippen LogP contribution in [0.2, 0.25) is 0 Å². The zero-order chi connectivity index (χ0) is 16.3. The lowest BCUT2D eigenvalue weighted by molar-refractivity contribution is 0.163. The third-order valence-corrected chi connectivity index (χ3v) is 7.44. The van der Waals surface area contributed by atoms with E-state index in [9.17, 15) is 0 Å². The smallest absolute Gasteiger partial charge is 0.173 e. The Morgan fingerprint density at radius 3 is 1.39 bits per heavy atom. The fraction of sp³-hybridized carbons (Fsp3) is 1.00. The molecule has 2 aliphatic rings. The molecule has 0 N–H and O–H groups in total. The molecule has 2 nitrogen and oxygen atoms in total. The summed E-state index contributed by atoms with van der Waals surface area (Å²) in [6.07, 6.45) is 16.4. The summed E-state index contributed by atoms with van der Waals surface area (Å²) in [4.78, 5) is 0. The average molecular weight is 361 g/mol. The number of hydrogen-bond donors (Lipinski definition) is 0. The highest BCUT2D eigenvalue weighted by atomic mass is 32.2. The molecule has 0 spiro atoms. The maximum absolute atomic E-state index is 5.69. The number of hydrogen-bond acceptors (Lipinski definition) is 4. The molecule has 2 saturated carbocycles. The lowest BCUT2D eigenvalue weighted by Crippen LogP contribution is -2.17. The Kier molecular flexibility index (Phi) is 10.4. The molecule has 0 aromatic heterocycles. The van der Waals surface area contributed by atoms with E-state index in [1.807, 2.05) is 0 Å². The Bertz CT molecular complexity index is 257. The van der Waals surface area contributed by atoms with Crippen LogP contribution in [0, 0.1) is 11.8 Å². The molecule has 0 unspecified atom stereocenters. The van der Waals surface area contributed by atoms with Crippen LogP contribution in [0.1, 0.15) is 90.9 Å². The highest BCUT2D eigenvalue weighted by molar-refractivity contribution is 7.95. The Morgan fingerprint density at radius 2 is 1.04 bits per heavy atom. The molecular weight excluding hydrogens is 324 g/mol. The molecular formula is C19H36O2S2. The third-order valence-electron chi connectivity index (χ3n) is 5.49. The average Bonchev–Trinajstić information content (AvgIpc) is 2.58.